The lowest BCUT2D eigenvalue weighted by Gasteiger charge is -2.10. The molecule has 1 heterocycles. The molecule has 1 atom stereocenters. The standard InChI is InChI=1S/C15H19ClN2OS/c1-4-7-17-10(2)13-9-20-15(18-13)12-6-5-11(16)8-14(12)19-3/h5-6,8-10,17H,4,7H2,1-3H3. The second-order valence-corrected chi connectivity index (χ2v) is 5.89. The fourth-order valence-electron chi connectivity index (χ4n) is 1.92. The predicted molar refractivity (Wildman–Crippen MR) is 85.8 cm³/mol. The summed E-state index contributed by atoms with van der Waals surface area (Å²) in [6, 6.07) is 5.89. The first-order chi connectivity index (χ1) is 9.65. The van der Waals surface area contributed by atoms with E-state index in [-0.39, 0.29) is 6.04 Å². The monoisotopic (exact) mass is 310 g/mol. The third-order valence-electron chi connectivity index (χ3n) is 3.06. The Bertz CT molecular complexity index is 571. The quantitative estimate of drug-likeness (QED) is 0.851. The molecule has 0 aliphatic rings. The zero-order valence-electron chi connectivity index (χ0n) is 11.9. The highest BCUT2D eigenvalue weighted by Crippen LogP contribution is 2.35. The van der Waals surface area contributed by atoms with Crippen LogP contribution in [0.5, 0.6) is 5.75 Å². The Hall–Kier alpha value is -1.10. The molecule has 5 heteroatoms. The highest BCUT2D eigenvalue weighted by molar-refractivity contribution is 7.13. The zero-order chi connectivity index (χ0) is 14.5. The van der Waals surface area contributed by atoms with Gasteiger partial charge in [0.1, 0.15) is 10.8 Å². The van der Waals surface area contributed by atoms with Gasteiger partial charge in [0.15, 0.2) is 0 Å². The molecule has 1 N–H and O–H groups in total. The van der Waals surface area contributed by atoms with Gasteiger partial charge in [0, 0.05) is 16.4 Å². The van der Waals surface area contributed by atoms with Crippen LogP contribution in [0.15, 0.2) is 23.6 Å². The van der Waals surface area contributed by atoms with Crippen LogP contribution in [-0.4, -0.2) is 18.6 Å². The van der Waals surface area contributed by atoms with E-state index in [1.807, 2.05) is 18.2 Å². The molecule has 0 saturated heterocycles. The van der Waals surface area contributed by atoms with Crippen molar-refractivity contribution in [3.63, 3.8) is 0 Å². The maximum atomic E-state index is 5.99. The molecule has 20 heavy (non-hydrogen) atoms. The maximum absolute atomic E-state index is 5.99. The van der Waals surface area contributed by atoms with E-state index in [1.165, 1.54) is 0 Å². The van der Waals surface area contributed by atoms with Crippen LogP contribution in [0.25, 0.3) is 10.6 Å². The molecule has 0 fully saturated rings. The molecule has 0 aliphatic carbocycles. The van der Waals surface area contributed by atoms with Gasteiger partial charge in [-0.1, -0.05) is 18.5 Å². The number of nitrogens with zero attached hydrogens (tertiary/aromatic N) is 1. The summed E-state index contributed by atoms with van der Waals surface area (Å²) in [4.78, 5) is 4.70. The fraction of sp³-hybridized carbons (Fsp3) is 0.400. The van der Waals surface area contributed by atoms with Gasteiger partial charge in [-0.05, 0) is 38.1 Å². The van der Waals surface area contributed by atoms with Gasteiger partial charge in [-0.15, -0.1) is 11.3 Å². The minimum Gasteiger partial charge on any atom is -0.496 e. The van der Waals surface area contributed by atoms with Crippen molar-refractivity contribution in [2.75, 3.05) is 13.7 Å². The normalized spacial score (nSPS) is 12.4. The fourth-order valence-corrected chi connectivity index (χ4v) is 3.02. The molecule has 108 valence electrons. The number of hydrogen-bond donors (Lipinski definition) is 1. The van der Waals surface area contributed by atoms with Crippen molar-refractivity contribution >= 4 is 22.9 Å². The topological polar surface area (TPSA) is 34.1 Å². The number of ether oxygens (including phenoxy) is 1. The molecule has 3 nitrogen and oxygen atoms in total. The number of halogens is 1. The molecule has 0 spiro atoms. The number of aromatic nitrogens is 1. The molecular weight excluding hydrogens is 292 g/mol. The summed E-state index contributed by atoms with van der Waals surface area (Å²) in [5.41, 5.74) is 2.05. The Balaban J connectivity index is 2.24. The van der Waals surface area contributed by atoms with Gasteiger partial charge in [-0.3, -0.25) is 0 Å². The summed E-state index contributed by atoms with van der Waals surface area (Å²) in [6.45, 7) is 5.29. The van der Waals surface area contributed by atoms with Gasteiger partial charge >= 0.3 is 0 Å². The van der Waals surface area contributed by atoms with Crippen LogP contribution < -0.4 is 10.1 Å². The largest absolute Gasteiger partial charge is 0.496 e. The second kappa shape index (κ2) is 7.07. The number of hydrogen-bond acceptors (Lipinski definition) is 4. The summed E-state index contributed by atoms with van der Waals surface area (Å²) in [5, 5.41) is 7.16. The van der Waals surface area contributed by atoms with Gasteiger partial charge < -0.3 is 10.1 Å². The maximum Gasteiger partial charge on any atom is 0.130 e. The van der Waals surface area contributed by atoms with Gasteiger partial charge in [0.25, 0.3) is 0 Å². The van der Waals surface area contributed by atoms with Crippen LogP contribution in [0.1, 0.15) is 32.0 Å². The van der Waals surface area contributed by atoms with Crippen molar-refractivity contribution in [1.82, 2.24) is 10.3 Å². The first kappa shape index (κ1) is 15.3. The average Bonchev–Trinajstić information content (AvgIpc) is 2.94. The van der Waals surface area contributed by atoms with Crippen molar-refractivity contribution in [2.45, 2.75) is 26.3 Å². The van der Waals surface area contributed by atoms with E-state index in [1.54, 1.807) is 18.4 Å². The lowest BCUT2D eigenvalue weighted by Crippen LogP contribution is -2.19. The summed E-state index contributed by atoms with van der Waals surface area (Å²) < 4.78 is 5.38. The molecule has 0 amide bonds. The van der Waals surface area contributed by atoms with Crippen molar-refractivity contribution in [2.24, 2.45) is 0 Å². The van der Waals surface area contributed by atoms with Crippen molar-refractivity contribution < 1.29 is 4.74 Å². The van der Waals surface area contributed by atoms with Gasteiger partial charge in [-0.25, -0.2) is 4.98 Å². The first-order valence-corrected chi connectivity index (χ1v) is 7.94. The highest BCUT2D eigenvalue weighted by Gasteiger charge is 2.13. The Kier molecular flexibility index (Phi) is 5.40. The Morgan fingerprint density at radius 2 is 2.25 bits per heavy atom. The molecule has 0 saturated carbocycles. The molecule has 0 radical (unpaired) electrons. The van der Waals surface area contributed by atoms with Crippen molar-refractivity contribution in [3.8, 4) is 16.3 Å². The minimum atomic E-state index is 0.262. The summed E-state index contributed by atoms with van der Waals surface area (Å²) in [7, 11) is 1.65. The van der Waals surface area contributed by atoms with E-state index in [2.05, 4.69) is 24.5 Å². The Morgan fingerprint density at radius 3 is 2.95 bits per heavy atom. The first-order valence-electron chi connectivity index (χ1n) is 6.68. The van der Waals surface area contributed by atoms with E-state index in [0.29, 0.717) is 5.02 Å². The smallest absolute Gasteiger partial charge is 0.130 e. The number of benzene rings is 1. The Morgan fingerprint density at radius 1 is 1.45 bits per heavy atom. The number of rotatable bonds is 6. The predicted octanol–water partition coefficient (Wildman–Crippen LogP) is 4.53. The van der Waals surface area contributed by atoms with Gasteiger partial charge in [-0.2, -0.15) is 0 Å². The summed E-state index contributed by atoms with van der Waals surface area (Å²) in [5.74, 6) is 0.757. The second-order valence-electron chi connectivity index (χ2n) is 4.60. The molecule has 0 bridgehead atoms. The SMILES string of the molecule is CCCNC(C)c1csc(-c2ccc(Cl)cc2OC)n1. The molecule has 2 rings (SSSR count). The van der Waals surface area contributed by atoms with E-state index in [4.69, 9.17) is 21.3 Å². The third-order valence-corrected chi connectivity index (χ3v) is 4.19. The van der Waals surface area contributed by atoms with E-state index >= 15 is 0 Å². The zero-order valence-corrected chi connectivity index (χ0v) is 13.5. The molecule has 1 aromatic carbocycles. The number of nitrogens with one attached hydrogen (secondary N) is 1. The van der Waals surface area contributed by atoms with Crippen LogP contribution in [0.4, 0.5) is 0 Å². The van der Waals surface area contributed by atoms with Crippen LogP contribution in [-0.2, 0) is 0 Å². The van der Waals surface area contributed by atoms with Crippen molar-refractivity contribution in [3.05, 3.63) is 34.3 Å². The van der Waals surface area contributed by atoms with Gasteiger partial charge in [0.05, 0.1) is 18.4 Å². The Labute approximate surface area is 129 Å². The van der Waals surface area contributed by atoms with E-state index in [0.717, 1.165) is 35.0 Å². The summed E-state index contributed by atoms with van der Waals surface area (Å²) in [6.07, 6.45) is 1.12. The van der Waals surface area contributed by atoms with Crippen LogP contribution in [0.2, 0.25) is 5.02 Å². The number of methoxy groups -OCH3 is 1. The van der Waals surface area contributed by atoms with Gasteiger partial charge in [0.2, 0.25) is 0 Å². The number of thiazole rings is 1. The third kappa shape index (κ3) is 3.51. The molecular formula is C15H19ClN2OS. The van der Waals surface area contributed by atoms with Crippen molar-refractivity contribution in [1.29, 1.82) is 0 Å². The van der Waals surface area contributed by atoms with Crippen LogP contribution in [0.3, 0.4) is 0 Å². The van der Waals surface area contributed by atoms with E-state index < -0.39 is 0 Å². The summed E-state index contributed by atoms with van der Waals surface area (Å²) >= 11 is 7.61. The van der Waals surface area contributed by atoms with Crippen LogP contribution in [0, 0.1) is 0 Å². The lowest BCUT2D eigenvalue weighted by molar-refractivity contribution is 0.416. The molecule has 0 aliphatic heterocycles. The molecule has 1 aromatic heterocycles. The van der Waals surface area contributed by atoms with E-state index in [9.17, 15) is 0 Å². The molecule has 1 unspecified atom stereocenters. The average molecular weight is 311 g/mol. The van der Waals surface area contributed by atoms with Crippen LogP contribution >= 0.6 is 22.9 Å². The minimum absolute atomic E-state index is 0.262. The highest BCUT2D eigenvalue weighted by atomic mass is 35.5. The molecule has 2 aromatic rings. The lowest BCUT2D eigenvalue weighted by atomic mass is 10.2.